The molecule has 0 unspecified atom stereocenters. The predicted octanol–water partition coefficient (Wildman–Crippen LogP) is 1.47. The van der Waals surface area contributed by atoms with Crippen molar-refractivity contribution in [3.05, 3.63) is 52.0 Å². The van der Waals surface area contributed by atoms with E-state index in [0.717, 1.165) is 0 Å². The Hall–Kier alpha value is -1.81. The van der Waals surface area contributed by atoms with Crippen molar-refractivity contribution in [1.82, 2.24) is 9.55 Å². The second kappa shape index (κ2) is 3.74. The Morgan fingerprint density at radius 3 is 2.73 bits per heavy atom. The lowest BCUT2D eigenvalue weighted by atomic mass is 10.3. The number of hydrogen-bond acceptors (Lipinski definition) is 3. The van der Waals surface area contributed by atoms with Crippen LogP contribution in [0.25, 0.3) is 5.69 Å². The van der Waals surface area contributed by atoms with Gasteiger partial charge in [0.1, 0.15) is 5.82 Å². The normalized spacial score (nSPS) is 10.2. The molecule has 0 spiro atoms. The number of halogens is 1. The van der Waals surface area contributed by atoms with E-state index in [4.69, 9.17) is 17.3 Å². The maximum absolute atomic E-state index is 11.5. The highest BCUT2D eigenvalue weighted by molar-refractivity contribution is 6.30. The van der Waals surface area contributed by atoms with Crippen LogP contribution in [-0.2, 0) is 0 Å². The number of nitrogen functional groups attached to an aromatic ring is 1. The highest BCUT2D eigenvalue weighted by Crippen LogP contribution is 2.09. The molecular weight excluding hydrogens is 214 g/mol. The Bertz CT molecular complexity index is 533. The van der Waals surface area contributed by atoms with Crippen LogP contribution in [0.2, 0.25) is 5.02 Å². The van der Waals surface area contributed by atoms with E-state index < -0.39 is 0 Å². The van der Waals surface area contributed by atoms with E-state index in [1.165, 1.54) is 23.0 Å². The van der Waals surface area contributed by atoms with Gasteiger partial charge < -0.3 is 5.73 Å². The minimum absolute atomic E-state index is 0.161. The first-order valence-electron chi connectivity index (χ1n) is 4.27. The first-order valence-corrected chi connectivity index (χ1v) is 4.65. The van der Waals surface area contributed by atoms with Gasteiger partial charge in [-0.15, -0.1) is 0 Å². The molecule has 2 N–H and O–H groups in total. The monoisotopic (exact) mass is 221 g/mol. The minimum Gasteiger partial charge on any atom is -0.384 e. The van der Waals surface area contributed by atoms with E-state index in [0.29, 0.717) is 16.5 Å². The van der Waals surface area contributed by atoms with Crippen molar-refractivity contribution in [3.8, 4) is 5.69 Å². The highest BCUT2D eigenvalue weighted by atomic mass is 35.5. The van der Waals surface area contributed by atoms with E-state index in [2.05, 4.69) is 4.98 Å². The fraction of sp³-hybridized carbons (Fsp3) is 0. The van der Waals surface area contributed by atoms with E-state index in [9.17, 15) is 4.79 Å². The summed E-state index contributed by atoms with van der Waals surface area (Å²) in [6.07, 6.45) is 3.06. The van der Waals surface area contributed by atoms with Crippen LogP contribution in [0.4, 0.5) is 5.82 Å². The molecule has 0 radical (unpaired) electrons. The summed E-state index contributed by atoms with van der Waals surface area (Å²) in [5.41, 5.74) is 5.92. The van der Waals surface area contributed by atoms with Crippen molar-refractivity contribution in [2.45, 2.75) is 0 Å². The Balaban J connectivity index is 2.58. The van der Waals surface area contributed by atoms with Crippen LogP contribution in [0, 0.1) is 0 Å². The highest BCUT2D eigenvalue weighted by Gasteiger charge is 2.00. The van der Waals surface area contributed by atoms with Crippen molar-refractivity contribution in [2.75, 3.05) is 5.73 Å². The maximum Gasteiger partial charge on any atom is 0.255 e. The molecule has 4 nitrogen and oxygen atoms in total. The van der Waals surface area contributed by atoms with Gasteiger partial charge in [-0.3, -0.25) is 9.36 Å². The summed E-state index contributed by atoms with van der Waals surface area (Å²) in [5, 5.41) is 0.492. The minimum atomic E-state index is -0.161. The number of hydrogen-bond donors (Lipinski definition) is 1. The summed E-state index contributed by atoms with van der Waals surface area (Å²) in [4.78, 5) is 15.4. The zero-order valence-corrected chi connectivity index (χ0v) is 8.48. The smallest absolute Gasteiger partial charge is 0.255 e. The summed E-state index contributed by atoms with van der Waals surface area (Å²) in [6, 6.07) is 6.28. The van der Waals surface area contributed by atoms with E-state index in [-0.39, 0.29) is 5.56 Å². The van der Waals surface area contributed by atoms with Crippen LogP contribution in [0.1, 0.15) is 0 Å². The van der Waals surface area contributed by atoms with Crippen molar-refractivity contribution in [3.63, 3.8) is 0 Å². The van der Waals surface area contributed by atoms with Crippen molar-refractivity contribution in [1.29, 1.82) is 0 Å². The van der Waals surface area contributed by atoms with Crippen molar-refractivity contribution in [2.24, 2.45) is 0 Å². The number of aromatic nitrogens is 2. The lowest BCUT2D eigenvalue weighted by Crippen LogP contribution is -2.16. The molecule has 15 heavy (non-hydrogen) atoms. The average Bonchev–Trinajstić information content (AvgIpc) is 2.23. The van der Waals surface area contributed by atoms with Gasteiger partial charge in [-0.1, -0.05) is 11.6 Å². The number of rotatable bonds is 1. The average molecular weight is 222 g/mol. The zero-order chi connectivity index (χ0) is 10.8. The number of nitrogens with two attached hydrogens (primary N) is 1. The molecule has 0 atom stereocenters. The van der Waals surface area contributed by atoms with Crippen LogP contribution >= 0.6 is 11.6 Å². The first-order chi connectivity index (χ1) is 7.16. The Morgan fingerprint density at radius 2 is 2.07 bits per heavy atom. The summed E-state index contributed by atoms with van der Waals surface area (Å²) in [7, 11) is 0. The Kier molecular flexibility index (Phi) is 2.43. The molecule has 0 aliphatic carbocycles. The van der Waals surface area contributed by atoms with Gasteiger partial charge in [0, 0.05) is 12.3 Å². The topological polar surface area (TPSA) is 60.9 Å². The first kappa shape index (κ1) is 9.73. The van der Waals surface area contributed by atoms with Gasteiger partial charge >= 0.3 is 0 Å². The molecule has 76 valence electrons. The molecule has 0 amide bonds. The van der Waals surface area contributed by atoms with Crippen LogP contribution in [-0.4, -0.2) is 9.55 Å². The Morgan fingerprint density at radius 1 is 1.27 bits per heavy atom. The molecule has 0 aliphatic heterocycles. The van der Waals surface area contributed by atoms with Crippen molar-refractivity contribution < 1.29 is 0 Å². The van der Waals surface area contributed by atoms with Crippen LogP contribution in [0.15, 0.2) is 41.5 Å². The van der Waals surface area contributed by atoms with Gasteiger partial charge in [0.05, 0.1) is 16.9 Å². The summed E-state index contributed by atoms with van der Waals surface area (Å²) in [5.74, 6) is 0.411. The fourth-order valence-electron chi connectivity index (χ4n) is 1.20. The lowest BCUT2D eigenvalue weighted by Gasteiger charge is -2.04. The third kappa shape index (κ3) is 1.99. The second-order valence-electron chi connectivity index (χ2n) is 3.00. The third-order valence-corrected chi connectivity index (χ3v) is 2.15. The lowest BCUT2D eigenvalue weighted by molar-refractivity contribution is 0.980. The number of nitrogens with zero attached hydrogens (tertiary/aromatic N) is 2. The molecule has 2 aromatic heterocycles. The second-order valence-corrected chi connectivity index (χ2v) is 3.43. The van der Waals surface area contributed by atoms with Crippen molar-refractivity contribution >= 4 is 17.4 Å². The quantitative estimate of drug-likeness (QED) is 0.793. The van der Waals surface area contributed by atoms with Crippen LogP contribution in [0.3, 0.4) is 0 Å². The molecule has 0 aliphatic rings. The van der Waals surface area contributed by atoms with Gasteiger partial charge in [0.15, 0.2) is 0 Å². The standard InChI is InChI=1S/C10H8ClN3O/c11-7-1-4-10(15)14(6-7)8-2-3-9(12)13-5-8/h1-6H,(H2,12,13). The summed E-state index contributed by atoms with van der Waals surface area (Å²) >= 11 is 5.79. The third-order valence-electron chi connectivity index (χ3n) is 1.92. The molecule has 0 bridgehead atoms. The molecule has 0 saturated carbocycles. The molecule has 2 heterocycles. The number of anilines is 1. The summed E-state index contributed by atoms with van der Waals surface area (Å²) < 4.78 is 1.41. The Labute approximate surface area is 90.9 Å². The molecule has 0 aromatic carbocycles. The van der Waals surface area contributed by atoms with Crippen LogP contribution < -0.4 is 11.3 Å². The van der Waals surface area contributed by atoms with Gasteiger partial charge in [-0.25, -0.2) is 4.98 Å². The van der Waals surface area contributed by atoms with Gasteiger partial charge in [0.2, 0.25) is 0 Å². The largest absolute Gasteiger partial charge is 0.384 e. The molecule has 5 heteroatoms. The van der Waals surface area contributed by atoms with E-state index >= 15 is 0 Å². The van der Waals surface area contributed by atoms with Crippen LogP contribution in [0.5, 0.6) is 0 Å². The number of pyridine rings is 2. The molecule has 0 fully saturated rings. The van der Waals surface area contributed by atoms with E-state index in [1.807, 2.05) is 0 Å². The maximum atomic E-state index is 11.5. The SMILES string of the molecule is Nc1ccc(-n2cc(Cl)ccc2=O)cn1. The predicted molar refractivity (Wildman–Crippen MR) is 59.3 cm³/mol. The van der Waals surface area contributed by atoms with Gasteiger partial charge in [-0.05, 0) is 18.2 Å². The molecule has 2 aromatic rings. The molecular formula is C10H8ClN3O. The van der Waals surface area contributed by atoms with Gasteiger partial charge in [-0.2, -0.15) is 0 Å². The van der Waals surface area contributed by atoms with E-state index in [1.54, 1.807) is 18.2 Å². The molecule has 0 saturated heterocycles. The summed E-state index contributed by atoms with van der Waals surface area (Å²) in [6.45, 7) is 0. The van der Waals surface area contributed by atoms with Gasteiger partial charge in [0.25, 0.3) is 5.56 Å². The zero-order valence-electron chi connectivity index (χ0n) is 7.72. The molecule has 2 rings (SSSR count). The fourth-order valence-corrected chi connectivity index (χ4v) is 1.36.